The molecule has 0 spiro atoms. The summed E-state index contributed by atoms with van der Waals surface area (Å²) in [5, 5.41) is 2.05. The van der Waals surface area contributed by atoms with E-state index in [1.54, 1.807) is 40.5 Å². The number of sulfonamides is 1. The third-order valence-electron chi connectivity index (χ3n) is 6.77. The van der Waals surface area contributed by atoms with Gasteiger partial charge in [0.15, 0.2) is 0 Å². The summed E-state index contributed by atoms with van der Waals surface area (Å²) in [6.07, 6.45) is 1.43. The molecule has 0 fully saturated rings. The van der Waals surface area contributed by atoms with Gasteiger partial charge in [0.25, 0.3) is 0 Å². The smallest absolute Gasteiger partial charge is 0.243 e. The zero-order valence-electron chi connectivity index (χ0n) is 22.0. The van der Waals surface area contributed by atoms with Gasteiger partial charge in [-0.25, -0.2) is 8.42 Å². The van der Waals surface area contributed by atoms with Crippen LogP contribution in [0.5, 0.6) is 5.75 Å². The Kier molecular flexibility index (Phi) is 8.72. The van der Waals surface area contributed by atoms with Gasteiger partial charge in [0, 0.05) is 18.0 Å². The van der Waals surface area contributed by atoms with Crippen LogP contribution in [0.4, 0.5) is 0 Å². The Bertz CT molecular complexity index is 1300. The number of benzene rings is 2. The summed E-state index contributed by atoms with van der Waals surface area (Å²) in [5.41, 5.74) is 3.23. The largest absolute Gasteiger partial charge is 0.491 e. The highest BCUT2D eigenvalue weighted by Crippen LogP contribution is 2.34. The molecule has 0 radical (unpaired) electrons. The molecule has 8 heteroatoms. The van der Waals surface area contributed by atoms with E-state index in [9.17, 15) is 13.2 Å². The lowest BCUT2D eigenvalue weighted by Gasteiger charge is -2.37. The second-order valence-corrected chi connectivity index (χ2v) is 13.0. The van der Waals surface area contributed by atoms with Crippen LogP contribution in [0.2, 0.25) is 0 Å². The number of ether oxygens (including phenoxy) is 1. The van der Waals surface area contributed by atoms with E-state index in [0.717, 1.165) is 28.9 Å². The highest BCUT2D eigenvalue weighted by Gasteiger charge is 2.35. The fraction of sp³-hybridized carbons (Fsp3) is 0.414. The second-order valence-electron chi connectivity index (χ2n) is 10.1. The lowest BCUT2D eigenvalue weighted by molar-refractivity contribution is -0.135. The van der Waals surface area contributed by atoms with E-state index in [1.807, 2.05) is 43.5 Å². The van der Waals surface area contributed by atoms with E-state index in [-0.39, 0.29) is 23.4 Å². The Morgan fingerprint density at radius 2 is 1.70 bits per heavy atom. The van der Waals surface area contributed by atoms with Gasteiger partial charge in [-0.15, -0.1) is 11.3 Å². The molecule has 1 aliphatic rings. The monoisotopic (exact) mass is 540 g/mol. The second kappa shape index (κ2) is 11.8. The zero-order chi connectivity index (χ0) is 26.6. The molecule has 1 atom stereocenters. The number of fused-ring (bicyclic) bond motifs is 1. The van der Waals surface area contributed by atoms with E-state index in [1.165, 1.54) is 9.18 Å². The Morgan fingerprint density at radius 1 is 1.05 bits per heavy atom. The van der Waals surface area contributed by atoms with Crippen molar-refractivity contribution in [2.75, 3.05) is 26.2 Å². The highest BCUT2D eigenvalue weighted by molar-refractivity contribution is 7.89. The Balaban J connectivity index is 1.56. The molecule has 1 aliphatic heterocycles. The molecule has 2 heterocycles. The van der Waals surface area contributed by atoms with Gasteiger partial charge in [-0.1, -0.05) is 49.2 Å². The van der Waals surface area contributed by atoms with Crippen LogP contribution in [0.3, 0.4) is 0 Å². The number of nitrogens with zero attached hydrogens (tertiary/aromatic N) is 2. The van der Waals surface area contributed by atoms with Crippen LogP contribution in [0.15, 0.2) is 64.9 Å². The van der Waals surface area contributed by atoms with Crippen LogP contribution < -0.4 is 4.74 Å². The maximum absolute atomic E-state index is 13.8. The van der Waals surface area contributed by atoms with Crippen molar-refractivity contribution in [3.05, 3.63) is 81.5 Å². The van der Waals surface area contributed by atoms with Crippen molar-refractivity contribution in [2.45, 2.75) is 51.5 Å². The third kappa shape index (κ3) is 6.61. The van der Waals surface area contributed by atoms with Crippen LogP contribution in [-0.2, 0) is 21.2 Å². The van der Waals surface area contributed by atoms with Gasteiger partial charge < -0.3 is 9.64 Å². The molecule has 0 unspecified atom stereocenters. The molecule has 2 aromatic carbocycles. The Hall–Kier alpha value is -2.68. The number of hydrogen-bond donors (Lipinski definition) is 0. The first-order chi connectivity index (χ1) is 17.6. The van der Waals surface area contributed by atoms with Gasteiger partial charge in [-0.2, -0.15) is 4.31 Å². The maximum Gasteiger partial charge on any atom is 0.243 e. The first kappa shape index (κ1) is 27.4. The van der Waals surface area contributed by atoms with Crippen molar-refractivity contribution < 1.29 is 17.9 Å². The van der Waals surface area contributed by atoms with Gasteiger partial charge in [-0.3, -0.25) is 4.79 Å². The molecule has 0 N–H and O–H groups in total. The van der Waals surface area contributed by atoms with E-state index in [2.05, 4.69) is 19.9 Å². The number of carbonyl (C=O) groups excluding carboxylic acids is 1. The fourth-order valence-electron chi connectivity index (χ4n) is 4.47. The summed E-state index contributed by atoms with van der Waals surface area (Å²) in [5.74, 6) is 0.861. The number of hydrogen-bond acceptors (Lipinski definition) is 5. The molecule has 1 aromatic heterocycles. The molecule has 198 valence electrons. The van der Waals surface area contributed by atoms with Crippen molar-refractivity contribution in [2.24, 2.45) is 5.92 Å². The zero-order valence-corrected chi connectivity index (χ0v) is 23.6. The average molecular weight is 541 g/mol. The molecule has 0 saturated heterocycles. The summed E-state index contributed by atoms with van der Waals surface area (Å²) >= 11 is 1.69. The number of thiophene rings is 1. The lowest BCUT2D eigenvalue weighted by atomic mass is 10.0. The summed E-state index contributed by atoms with van der Waals surface area (Å²) in [4.78, 5) is 17.0. The standard InChI is InChI=1S/C29H36N2O4S2/c1-21(2)13-16-30(37(33,34)25-11-7-23(4)8-12-25)19-29(32)31-17-14-28-26(15-18-36-28)27(31)20-35-24-9-5-22(3)6-10-24/h5-12,15,18,21,27H,13-14,16-17,19-20H2,1-4H3/t27-/m1/s1. The Labute approximate surface area is 224 Å². The number of carbonyl (C=O) groups is 1. The molecule has 0 aliphatic carbocycles. The van der Waals surface area contributed by atoms with Crippen LogP contribution in [0.1, 0.15) is 47.9 Å². The van der Waals surface area contributed by atoms with Crippen molar-refractivity contribution in [3.63, 3.8) is 0 Å². The minimum Gasteiger partial charge on any atom is -0.491 e. The van der Waals surface area contributed by atoms with Gasteiger partial charge in [0.2, 0.25) is 15.9 Å². The molecule has 37 heavy (non-hydrogen) atoms. The maximum atomic E-state index is 13.8. The molecule has 6 nitrogen and oxygen atoms in total. The van der Waals surface area contributed by atoms with Crippen molar-refractivity contribution in [3.8, 4) is 5.75 Å². The number of rotatable bonds is 10. The van der Waals surface area contributed by atoms with Crippen molar-refractivity contribution >= 4 is 27.3 Å². The van der Waals surface area contributed by atoms with Crippen LogP contribution >= 0.6 is 11.3 Å². The SMILES string of the molecule is Cc1ccc(OC[C@@H]2c3ccsc3CCN2C(=O)CN(CCC(C)C)S(=O)(=O)c2ccc(C)cc2)cc1. The topological polar surface area (TPSA) is 66.9 Å². The third-order valence-corrected chi connectivity index (χ3v) is 9.63. The first-order valence-electron chi connectivity index (χ1n) is 12.8. The molecule has 4 rings (SSSR count). The molecular formula is C29H36N2O4S2. The van der Waals surface area contributed by atoms with Gasteiger partial charge in [0.05, 0.1) is 17.5 Å². The fourth-order valence-corrected chi connectivity index (χ4v) is 6.80. The summed E-state index contributed by atoms with van der Waals surface area (Å²) in [6.45, 7) is 9.01. The normalized spacial score (nSPS) is 15.7. The summed E-state index contributed by atoms with van der Waals surface area (Å²) in [7, 11) is -3.82. The molecule has 3 aromatic rings. The predicted molar refractivity (Wildman–Crippen MR) is 149 cm³/mol. The highest BCUT2D eigenvalue weighted by atomic mass is 32.2. The molecule has 0 bridgehead atoms. The van der Waals surface area contributed by atoms with Gasteiger partial charge in [-0.05, 0) is 73.9 Å². The molecular weight excluding hydrogens is 504 g/mol. The predicted octanol–water partition coefficient (Wildman–Crippen LogP) is 5.61. The number of amides is 1. The molecule has 0 saturated carbocycles. The van der Waals surface area contributed by atoms with E-state index in [4.69, 9.17) is 4.74 Å². The lowest BCUT2D eigenvalue weighted by Crippen LogP contribution is -2.48. The van der Waals surface area contributed by atoms with Gasteiger partial charge in [0.1, 0.15) is 12.4 Å². The molecule has 1 amide bonds. The van der Waals surface area contributed by atoms with Gasteiger partial charge >= 0.3 is 0 Å². The van der Waals surface area contributed by atoms with Crippen LogP contribution in [-0.4, -0.2) is 49.8 Å². The first-order valence-corrected chi connectivity index (χ1v) is 15.1. The van der Waals surface area contributed by atoms with Crippen LogP contribution in [0, 0.1) is 19.8 Å². The van der Waals surface area contributed by atoms with E-state index in [0.29, 0.717) is 32.0 Å². The minimum absolute atomic E-state index is 0.191. The van der Waals surface area contributed by atoms with E-state index < -0.39 is 10.0 Å². The van der Waals surface area contributed by atoms with E-state index >= 15 is 0 Å². The Morgan fingerprint density at radius 3 is 2.35 bits per heavy atom. The van der Waals surface area contributed by atoms with Crippen molar-refractivity contribution in [1.29, 1.82) is 0 Å². The quantitative estimate of drug-likeness (QED) is 0.335. The number of aryl methyl sites for hydroxylation is 2. The van der Waals surface area contributed by atoms with Crippen LogP contribution in [0.25, 0.3) is 0 Å². The summed E-state index contributed by atoms with van der Waals surface area (Å²) in [6, 6.07) is 16.5. The van der Waals surface area contributed by atoms with Crippen molar-refractivity contribution in [1.82, 2.24) is 9.21 Å². The minimum atomic E-state index is -3.82. The average Bonchev–Trinajstić information content (AvgIpc) is 3.35. The summed E-state index contributed by atoms with van der Waals surface area (Å²) < 4.78 is 34.6.